The van der Waals surface area contributed by atoms with Crippen LogP contribution in [0, 0.1) is 0 Å². The first kappa shape index (κ1) is 18.6. The van der Waals surface area contributed by atoms with Gasteiger partial charge in [0.1, 0.15) is 18.1 Å². The van der Waals surface area contributed by atoms with Gasteiger partial charge >= 0.3 is 0 Å². The predicted molar refractivity (Wildman–Crippen MR) is 111 cm³/mol. The molecule has 0 aromatic heterocycles. The number of rotatable bonds is 6. The van der Waals surface area contributed by atoms with E-state index in [0.29, 0.717) is 0 Å². The Morgan fingerprint density at radius 3 is 2.22 bits per heavy atom. The molecule has 0 atom stereocenters. The van der Waals surface area contributed by atoms with Gasteiger partial charge in [-0.3, -0.25) is 9.80 Å². The van der Waals surface area contributed by atoms with Crippen molar-refractivity contribution < 1.29 is 9.47 Å². The summed E-state index contributed by atoms with van der Waals surface area (Å²) in [6, 6.07) is 13.2. The van der Waals surface area contributed by atoms with Crippen LogP contribution in [-0.2, 0) is 0 Å². The van der Waals surface area contributed by atoms with Gasteiger partial charge in [0.05, 0.1) is 7.11 Å². The monoisotopic (exact) mass is 368 g/mol. The molecule has 2 aliphatic rings. The van der Waals surface area contributed by atoms with Crippen LogP contribution < -0.4 is 9.47 Å². The summed E-state index contributed by atoms with van der Waals surface area (Å²) in [5.41, 5.74) is 0. The molecule has 146 valence electrons. The topological polar surface area (TPSA) is 24.9 Å². The maximum Gasteiger partial charge on any atom is 0.127 e. The third-order valence-electron chi connectivity index (χ3n) is 6.23. The minimum atomic E-state index is 0.736. The van der Waals surface area contributed by atoms with Crippen LogP contribution in [0.15, 0.2) is 36.4 Å². The second-order valence-corrected chi connectivity index (χ2v) is 7.83. The Bertz CT molecular complexity index is 734. The minimum Gasteiger partial charge on any atom is -0.496 e. The summed E-state index contributed by atoms with van der Waals surface area (Å²) >= 11 is 0. The molecular weight excluding hydrogens is 336 g/mol. The molecule has 4 nitrogen and oxygen atoms in total. The van der Waals surface area contributed by atoms with Gasteiger partial charge in [-0.1, -0.05) is 43.5 Å². The smallest absolute Gasteiger partial charge is 0.127 e. The SMILES string of the molecule is COc1cccc2c(OCCN3CCN(C4CCCCC4)CC3)cccc12. The van der Waals surface area contributed by atoms with Crippen molar-refractivity contribution in [3.63, 3.8) is 0 Å². The van der Waals surface area contributed by atoms with Crippen molar-refractivity contribution in [1.29, 1.82) is 0 Å². The lowest BCUT2D eigenvalue weighted by Gasteiger charge is -2.40. The Balaban J connectivity index is 1.28. The molecule has 2 aromatic carbocycles. The number of hydrogen-bond acceptors (Lipinski definition) is 4. The zero-order chi connectivity index (χ0) is 18.5. The molecule has 2 fully saturated rings. The second kappa shape index (κ2) is 8.94. The molecule has 1 aliphatic carbocycles. The van der Waals surface area contributed by atoms with E-state index in [1.807, 2.05) is 18.2 Å². The summed E-state index contributed by atoms with van der Waals surface area (Å²) in [5, 5.41) is 2.23. The first-order valence-electron chi connectivity index (χ1n) is 10.5. The zero-order valence-corrected chi connectivity index (χ0v) is 16.5. The van der Waals surface area contributed by atoms with Crippen LogP contribution in [0.4, 0.5) is 0 Å². The van der Waals surface area contributed by atoms with E-state index in [1.165, 1.54) is 58.3 Å². The average Bonchev–Trinajstić information content (AvgIpc) is 2.74. The highest BCUT2D eigenvalue weighted by Crippen LogP contribution is 2.32. The Morgan fingerprint density at radius 1 is 0.852 bits per heavy atom. The lowest BCUT2D eigenvalue weighted by molar-refractivity contribution is 0.0719. The van der Waals surface area contributed by atoms with Gasteiger partial charge in [0, 0.05) is 49.5 Å². The van der Waals surface area contributed by atoms with Crippen molar-refractivity contribution in [1.82, 2.24) is 9.80 Å². The summed E-state index contributed by atoms with van der Waals surface area (Å²) < 4.78 is 11.6. The Hall–Kier alpha value is -1.78. The van der Waals surface area contributed by atoms with Gasteiger partial charge in [0.2, 0.25) is 0 Å². The van der Waals surface area contributed by atoms with Gasteiger partial charge < -0.3 is 9.47 Å². The lowest BCUT2D eigenvalue weighted by Crippen LogP contribution is -2.51. The first-order valence-corrected chi connectivity index (χ1v) is 10.5. The molecule has 4 rings (SSSR count). The number of hydrogen-bond donors (Lipinski definition) is 0. The molecule has 1 saturated carbocycles. The van der Waals surface area contributed by atoms with Crippen LogP contribution in [0.25, 0.3) is 10.8 Å². The fourth-order valence-electron chi connectivity index (χ4n) is 4.64. The molecule has 27 heavy (non-hydrogen) atoms. The van der Waals surface area contributed by atoms with Gasteiger partial charge in [-0.2, -0.15) is 0 Å². The highest BCUT2D eigenvalue weighted by Gasteiger charge is 2.24. The summed E-state index contributed by atoms with van der Waals surface area (Å²) in [6.07, 6.45) is 7.11. The number of fused-ring (bicyclic) bond motifs is 1. The number of ether oxygens (including phenoxy) is 2. The molecule has 0 bridgehead atoms. The van der Waals surface area contributed by atoms with Crippen LogP contribution >= 0.6 is 0 Å². The third-order valence-corrected chi connectivity index (χ3v) is 6.23. The molecule has 0 radical (unpaired) electrons. The summed E-state index contributed by atoms with van der Waals surface area (Å²) in [7, 11) is 1.72. The molecule has 1 heterocycles. The fourth-order valence-corrected chi connectivity index (χ4v) is 4.64. The molecule has 0 amide bonds. The lowest BCUT2D eigenvalue weighted by atomic mass is 9.94. The molecule has 1 saturated heterocycles. The van der Waals surface area contributed by atoms with Crippen LogP contribution in [0.5, 0.6) is 11.5 Å². The largest absolute Gasteiger partial charge is 0.496 e. The van der Waals surface area contributed by atoms with Crippen molar-refractivity contribution >= 4 is 10.8 Å². The van der Waals surface area contributed by atoms with Crippen molar-refractivity contribution in [2.45, 2.75) is 38.1 Å². The molecule has 4 heteroatoms. The molecule has 0 N–H and O–H groups in total. The van der Waals surface area contributed by atoms with Gasteiger partial charge in [0.25, 0.3) is 0 Å². The van der Waals surface area contributed by atoms with E-state index < -0.39 is 0 Å². The number of benzene rings is 2. The fraction of sp³-hybridized carbons (Fsp3) is 0.565. The quantitative estimate of drug-likeness (QED) is 0.764. The Labute approximate surface area is 163 Å². The highest BCUT2D eigenvalue weighted by molar-refractivity contribution is 5.93. The maximum atomic E-state index is 6.15. The van der Waals surface area contributed by atoms with E-state index in [0.717, 1.165) is 41.5 Å². The second-order valence-electron chi connectivity index (χ2n) is 7.83. The van der Waals surface area contributed by atoms with Crippen LogP contribution in [0.1, 0.15) is 32.1 Å². The van der Waals surface area contributed by atoms with E-state index in [2.05, 4.69) is 28.0 Å². The number of nitrogens with zero attached hydrogens (tertiary/aromatic N) is 2. The Kier molecular flexibility index (Phi) is 6.15. The average molecular weight is 369 g/mol. The van der Waals surface area contributed by atoms with Gasteiger partial charge in [-0.15, -0.1) is 0 Å². The summed E-state index contributed by atoms with van der Waals surface area (Å²) in [4.78, 5) is 5.28. The van der Waals surface area contributed by atoms with Gasteiger partial charge in [-0.25, -0.2) is 0 Å². The van der Waals surface area contributed by atoms with Crippen molar-refractivity contribution in [2.75, 3.05) is 46.4 Å². The van der Waals surface area contributed by atoms with E-state index >= 15 is 0 Å². The normalized spacial score (nSPS) is 20.0. The van der Waals surface area contributed by atoms with Gasteiger partial charge in [0.15, 0.2) is 0 Å². The maximum absolute atomic E-state index is 6.15. The number of piperazine rings is 1. The summed E-state index contributed by atoms with van der Waals surface area (Å²) in [5.74, 6) is 1.85. The van der Waals surface area contributed by atoms with Crippen LogP contribution in [0.2, 0.25) is 0 Å². The highest BCUT2D eigenvalue weighted by atomic mass is 16.5. The molecule has 1 aliphatic heterocycles. The number of methoxy groups -OCH3 is 1. The summed E-state index contributed by atoms with van der Waals surface area (Å²) in [6.45, 7) is 6.51. The van der Waals surface area contributed by atoms with Crippen LogP contribution in [-0.4, -0.2) is 62.3 Å². The van der Waals surface area contributed by atoms with E-state index in [-0.39, 0.29) is 0 Å². The van der Waals surface area contributed by atoms with Crippen molar-refractivity contribution in [3.8, 4) is 11.5 Å². The standard InChI is InChI=1S/C23H32N2O2/c1-26-22-11-5-10-21-20(22)9-6-12-23(21)27-18-17-24-13-15-25(16-14-24)19-7-3-2-4-8-19/h5-6,9-12,19H,2-4,7-8,13-18H2,1H3. The minimum absolute atomic E-state index is 0.736. The van der Waals surface area contributed by atoms with Crippen molar-refractivity contribution in [3.05, 3.63) is 36.4 Å². The first-order chi connectivity index (χ1) is 13.3. The van der Waals surface area contributed by atoms with Crippen molar-refractivity contribution in [2.24, 2.45) is 0 Å². The predicted octanol–water partition coefficient (Wildman–Crippen LogP) is 4.18. The zero-order valence-electron chi connectivity index (χ0n) is 16.5. The van der Waals surface area contributed by atoms with E-state index in [9.17, 15) is 0 Å². The Morgan fingerprint density at radius 2 is 1.52 bits per heavy atom. The molecular formula is C23H32N2O2. The van der Waals surface area contributed by atoms with E-state index in [1.54, 1.807) is 7.11 Å². The van der Waals surface area contributed by atoms with Crippen LogP contribution in [0.3, 0.4) is 0 Å². The molecule has 2 aromatic rings. The van der Waals surface area contributed by atoms with Gasteiger partial charge in [-0.05, 0) is 25.0 Å². The molecule has 0 spiro atoms. The molecule has 0 unspecified atom stereocenters. The third kappa shape index (κ3) is 4.39. The van der Waals surface area contributed by atoms with E-state index in [4.69, 9.17) is 9.47 Å².